The van der Waals surface area contributed by atoms with Gasteiger partial charge in [0.05, 0.1) is 34.5 Å². The van der Waals surface area contributed by atoms with Gasteiger partial charge in [-0.05, 0) is 54.8 Å². The Morgan fingerprint density at radius 2 is 1.67 bits per heavy atom. The molecule has 5 rings (SSSR count). The molecule has 0 radical (unpaired) electrons. The Kier molecular flexibility index (Phi) is 8.07. The monoisotopic (exact) mass is 532 g/mol. The van der Waals surface area contributed by atoms with Crippen molar-refractivity contribution < 1.29 is 23.7 Å². The Labute approximate surface area is 227 Å². The van der Waals surface area contributed by atoms with Crippen LogP contribution < -0.4 is 29.2 Å². The lowest BCUT2D eigenvalue weighted by atomic mass is 10.1. The summed E-state index contributed by atoms with van der Waals surface area (Å²) in [6.07, 6.45) is 5.31. The summed E-state index contributed by atoms with van der Waals surface area (Å²) < 4.78 is 27.9. The molecule has 1 saturated heterocycles. The van der Waals surface area contributed by atoms with Crippen LogP contribution >= 0.6 is 0 Å². The number of methoxy groups -OCH3 is 4. The minimum Gasteiger partial charge on any atom is -0.497 e. The highest BCUT2D eigenvalue weighted by Gasteiger charge is 2.24. The second-order valence-corrected chi connectivity index (χ2v) is 9.00. The molecule has 0 unspecified atom stereocenters. The summed E-state index contributed by atoms with van der Waals surface area (Å²) in [6.45, 7) is 1.83. The Balaban J connectivity index is 1.55. The van der Waals surface area contributed by atoms with Crippen LogP contribution in [0.3, 0.4) is 0 Å². The van der Waals surface area contributed by atoms with Gasteiger partial charge in [0, 0.05) is 37.8 Å². The third kappa shape index (κ3) is 5.88. The van der Waals surface area contributed by atoms with Crippen molar-refractivity contribution in [3.63, 3.8) is 0 Å². The van der Waals surface area contributed by atoms with E-state index < -0.39 is 0 Å². The fourth-order valence-corrected chi connectivity index (χ4v) is 4.59. The summed E-state index contributed by atoms with van der Waals surface area (Å²) >= 11 is 0. The molecule has 1 fully saturated rings. The normalized spacial score (nSPS) is 14.7. The van der Waals surface area contributed by atoms with Gasteiger partial charge in [-0.1, -0.05) is 0 Å². The number of aromatic nitrogens is 4. The number of fused-ring (bicyclic) bond motifs is 1. The topological polar surface area (TPSA) is 113 Å². The minimum atomic E-state index is 0.0613. The van der Waals surface area contributed by atoms with Gasteiger partial charge in [0.1, 0.15) is 5.75 Å². The number of nitrogens with zero attached hydrogens (tertiary/aromatic N) is 5. The van der Waals surface area contributed by atoms with Gasteiger partial charge in [-0.15, -0.1) is 0 Å². The Morgan fingerprint density at radius 3 is 2.31 bits per heavy atom. The van der Waals surface area contributed by atoms with E-state index in [-0.39, 0.29) is 6.10 Å². The fraction of sp³-hybridized carbons (Fsp3) is 0.357. The predicted octanol–water partition coefficient (Wildman–Crippen LogP) is 4.38. The van der Waals surface area contributed by atoms with Crippen LogP contribution in [0.5, 0.6) is 23.0 Å². The minimum absolute atomic E-state index is 0.0613. The van der Waals surface area contributed by atoms with E-state index in [1.54, 1.807) is 40.8 Å². The summed E-state index contributed by atoms with van der Waals surface area (Å²) in [6, 6.07) is 11.5. The summed E-state index contributed by atoms with van der Waals surface area (Å²) in [5, 5.41) is 3.38. The molecule has 4 aromatic rings. The molecule has 1 atom stereocenters. The zero-order valence-electron chi connectivity index (χ0n) is 22.5. The molecular formula is C28H32N6O5. The Bertz CT molecular complexity index is 1390. The molecule has 2 aromatic heterocycles. The first-order chi connectivity index (χ1) is 19.1. The van der Waals surface area contributed by atoms with Crippen LogP contribution in [0, 0.1) is 0 Å². The first kappa shape index (κ1) is 26.2. The first-order valence-electron chi connectivity index (χ1n) is 12.7. The summed E-state index contributed by atoms with van der Waals surface area (Å²) in [5.41, 5.74) is 2.83. The average Bonchev–Trinajstić information content (AvgIpc) is 3.49. The van der Waals surface area contributed by atoms with E-state index in [4.69, 9.17) is 33.7 Å². The summed E-state index contributed by atoms with van der Waals surface area (Å²) in [7, 11) is 6.44. The number of hydrogen-bond donors (Lipinski definition) is 1. The zero-order chi connectivity index (χ0) is 27.2. The molecule has 39 heavy (non-hydrogen) atoms. The van der Waals surface area contributed by atoms with Crippen LogP contribution in [0.4, 0.5) is 17.5 Å². The maximum atomic E-state index is 5.98. The van der Waals surface area contributed by atoms with Gasteiger partial charge in [-0.3, -0.25) is 0 Å². The lowest BCUT2D eigenvalue weighted by Crippen LogP contribution is -2.33. The van der Waals surface area contributed by atoms with Crippen LogP contribution in [-0.2, 0) is 11.3 Å². The van der Waals surface area contributed by atoms with E-state index in [0.29, 0.717) is 53.3 Å². The second-order valence-electron chi connectivity index (χ2n) is 9.00. The van der Waals surface area contributed by atoms with Gasteiger partial charge in [0.25, 0.3) is 0 Å². The van der Waals surface area contributed by atoms with Gasteiger partial charge in [0.15, 0.2) is 28.5 Å². The van der Waals surface area contributed by atoms with E-state index >= 15 is 0 Å². The average molecular weight is 533 g/mol. The molecule has 1 N–H and O–H groups in total. The van der Waals surface area contributed by atoms with Gasteiger partial charge in [-0.2, -0.15) is 9.97 Å². The fourth-order valence-electron chi connectivity index (χ4n) is 4.59. The smallest absolute Gasteiger partial charge is 0.229 e. The number of ether oxygens (including phenoxy) is 5. The highest BCUT2D eigenvalue weighted by molar-refractivity contribution is 5.85. The highest BCUT2D eigenvalue weighted by Crippen LogP contribution is 2.39. The Morgan fingerprint density at radius 1 is 0.923 bits per heavy atom. The molecule has 0 bridgehead atoms. The number of rotatable bonds is 11. The molecule has 2 aromatic carbocycles. The zero-order valence-corrected chi connectivity index (χ0v) is 22.5. The van der Waals surface area contributed by atoms with Crippen molar-refractivity contribution in [3.05, 3.63) is 54.4 Å². The lowest BCUT2D eigenvalue weighted by molar-refractivity contribution is 0.115. The molecule has 11 heteroatoms. The van der Waals surface area contributed by atoms with Crippen LogP contribution in [0.1, 0.15) is 18.4 Å². The maximum Gasteiger partial charge on any atom is 0.229 e. The number of nitrogens with one attached hydrogen (secondary N) is 1. The lowest BCUT2D eigenvalue weighted by Gasteiger charge is -2.27. The van der Waals surface area contributed by atoms with Crippen LogP contribution in [0.2, 0.25) is 0 Å². The second kappa shape index (κ2) is 12.0. The van der Waals surface area contributed by atoms with E-state index in [1.165, 1.54) is 0 Å². The molecule has 204 valence electrons. The van der Waals surface area contributed by atoms with E-state index in [0.717, 1.165) is 36.4 Å². The first-order valence-corrected chi connectivity index (χ1v) is 12.7. The van der Waals surface area contributed by atoms with Gasteiger partial charge < -0.3 is 33.9 Å². The standard InChI is InChI=1S/C28H32N6O5/c1-35-20-9-7-19(8-10-20)31-27-24-26(30-12-11-29-24)32-28(33-27)34(17-21-6-5-13-39-21)16-18-14-22(36-2)25(38-4)23(15-18)37-3/h7-12,14-15,21H,5-6,13,16-17H2,1-4H3,(H,30,31,32,33)/t21-/m0/s1. The van der Waals surface area contributed by atoms with Gasteiger partial charge >= 0.3 is 0 Å². The molecule has 0 saturated carbocycles. The van der Waals surface area contributed by atoms with Crippen molar-refractivity contribution in [2.75, 3.05) is 51.8 Å². The quantitative estimate of drug-likeness (QED) is 0.297. The third-order valence-electron chi connectivity index (χ3n) is 6.50. The molecule has 0 amide bonds. The molecule has 1 aliphatic heterocycles. The molecule has 1 aliphatic rings. The SMILES string of the molecule is COc1ccc(Nc2nc(N(Cc3cc(OC)c(OC)c(OC)c3)C[C@@H]3CCCO3)nc3nccnc23)cc1. The maximum absolute atomic E-state index is 5.98. The summed E-state index contributed by atoms with van der Waals surface area (Å²) in [4.78, 5) is 20.8. The highest BCUT2D eigenvalue weighted by atomic mass is 16.5. The number of benzene rings is 2. The van der Waals surface area contributed by atoms with E-state index in [1.807, 2.05) is 36.4 Å². The van der Waals surface area contributed by atoms with Crippen molar-refractivity contribution >= 4 is 28.6 Å². The van der Waals surface area contributed by atoms with E-state index in [9.17, 15) is 0 Å². The van der Waals surface area contributed by atoms with Crippen molar-refractivity contribution in [1.29, 1.82) is 0 Å². The van der Waals surface area contributed by atoms with Crippen molar-refractivity contribution in [2.24, 2.45) is 0 Å². The predicted molar refractivity (Wildman–Crippen MR) is 148 cm³/mol. The third-order valence-corrected chi connectivity index (χ3v) is 6.50. The molecule has 0 aliphatic carbocycles. The van der Waals surface area contributed by atoms with Gasteiger partial charge in [0.2, 0.25) is 11.7 Å². The number of hydrogen-bond acceptors (Lipinski definition) is 11. The van der Waals surface area contributed by atoms with Crippen molar-refractivity contribution in [2.45, 2.75) is 25.5 Å². The largest absolute Gasteiger partial charge is 0.497 e. The van der Waals surface area contributed by atoms with Crippen LogP contribution in [-0.4, -0.2) is 67.6 Å². The number of anilines is 3. The van der Waals surface area contributed by atoms with E-state index in [2.05, 4.69) is 20.2 Å². The molecule has 0 spiro atoms. The van der Waals surface area contributed by atoms with Crippen molar-refractivity contribution in [1.82, 2.24) is 19.9 Å². The molecule has 3 heterocycles. The summed E-state index contributed by atoms with van der Waals surface area (Å²) in [5.74, 6) is 3.52. The van der Waals surface area contributed by atoms with Gasteiger partial charge in [-0.25, -0.2) is 9.97 Å². The molecule has 11 nitrogen and oxygen atoms in total. The van der Waals surface area contributed by atoms with Crippen LogP contribution in [0.25, 0.3) is 11.2 Å². The Hall–Kier alpha value is -4.38. The van der Waals surface area contributed by atoms with Crippen molar-refractivity contribution in [3.8, 4) is 23.0 Å². The molecular weight excluding hydrogens is 500 g/mol. The van der Waals surface area contributed by atoms with Crippen LogP contribution in [0.15, 0.2) is 48.8 Å².